The van der Waals surface area contributed by atoms with Crippen LogP contribution >= 0.6 is 23.8 Å². The van der Waals surface area contributed by atoms with Crippen LogP contribution < -0.4 is 5.73 Å². The van der Waals surface area contributed by atoms with Crippen LogP contribution in [0.1, 0.15) is 15.9 Å². The summed E-state index contributed by atoms with van der Waals surface area (Å²) in [7, 11) is 1.65. The van der Waals surface area contributed by atoms with E-state index in [1.54, 1.807) is 19.2 Å². The van der Waals surface area contributed by atoms with Gasteiger partial charge in [-0.25, -0.2) is 0 Å². The zero-order valence-corrected chi connectivity index (χ0v) is 10.7. The maximum atomic E-state index is 11.9. The van der Waals surface area contributed by atoms with Crippen molar-refractivity contribution in [2.24, 2.45) is 5.73 Å². The molecule has 0 atom stereocenters. The van der Waals surface area contributed by atoms with Crippen molar-refractivity contribution in [2.75, 3.05) is 13.6 Å². The molecule has 0 aliphatic carbocycles. The maximum absolute atomic E-state index is 11.9. The number of rotatable bonds is 3. The number of aryl methyl sites for hydroxylation is 1. The number of halogens is 1. The van der Waals surface area contributed by atoms with Crippen molar-refractivity contribution < 1.29 is 4.79 Å². The third-order valence-corrected chi connectivity index (χ3v) is 2.69. The van der Waals surface area contributed by atoms with Gasteiger partial charge in [0, 0.05) is 17.6 Å². The quantitative estimate of drug-likeness (QED) is 0.842. The Morgan fingerprint density at radius 3 is 2.69 bits per heavy atom. The molecule has 1 rings (SSSR count). The van der Waals surface area contributed by atoms with Crippen molar-refractivity contribution in [3.8, 4) is 0 Å². The minimum Gasteiger partial charge on any atom is -0.392 e. The lowest BCUT2D eigenvalue weighted by molar-refractivity contribution is 0.0815. The van der Waals surface area contributed by atoms with Gasteiger partial charge in [-0.2, -0.15) is 0 Å². The van der Waals surface area contributed by atoms with Gasteiger partial charge in [0.1, 0.15) is 0 Å². The molecular weight excluding hydrogens is 244 g/mol. The fraction of sp³-hybridized carbons (Fsp3) is 0.273. The summed E-state index contributed by atoms with van der Waals surface area (Å²) in [5, 5.41) is 0.578. The molecule has 0 radical (unpaired) electrons. The molecular formula is C11H13ClN2OS. The average molecular weight is 257 g/mol. The maximum Gasteiger partial charge on any atom is 0.254 e. The molecule has 1 aromatic rings. The normalized spacial score (nSPS) is 9.94. The van der Waals surface area contributed by atoms with Crippen molar-refractivity contribution in [3.63, 3.8) is 0 Å². The summed E-state index contributed by atoms with van der Waals surface area (Å²) in [6.07, 6.45) is 0. The molecule has 86 valence electrons. The van der Waals surface area contributed by atoms with Crippen LogP contribution in [0.3, 0.4) is 0 Å². The second-order valence-corrected chi connectivity index (χ2v) is 4.52. The van der Waals surface area contributed by atoms with Crippen LogP contribution in [0.5, 0.6) is 0 Å². The smallest absolute Gasteiger partial charge is 0.254 e. The van der Waals surface area contributed by atoms with Crippen LogP contribution in [0.15, 0.2) is 18.2 Å². The largest absolute Gasteiger partial charge is 0.392 e. The Balaban J connectivity index is 2.88. The van der Waals surface area contributed by atoms with Gasteiger partial charge in [0.05, 0.1) is 11.5 Å². The average Bonchev–Trinajstić information content (AvgIpc) is 2.20. The summed E-state index contributed by atoms with van der Waals surface area (Å²) >= 11 is 10.7. The van der Waals surface area contributed by atoms with Gasteiger partial charge in [-0.3, -0.25) is 4.79 Å². The first-order valence-electron chi connectivity index (χ1n) is 4.71. The third kappa shape index (κ3) is 3.18. The van der Waals surface area contributed by atoms with Crippen molar-refractivity contribution in [1.29, 1.82) is 0 Å². The van der Waals surface area contributed by atoms with Gasteiger partial charge in [-0.15, -0.1) is 0 Å². The standard InChI is InChI=1S/C11H13ClN2OS/c1-7-3-4-8(5-9(7)12)11(15)14(2)6-10(13)16/h3-5H,6H2,1-2H3,(H2,13,16). The predicted octanol–water partition coefficient (Wildman–Crippen LogP) is 2.01. The Hall–Kier alpha value is -1.13. The molecule has 2 N–H and O–H groups in total. The molecule has 0 bridgehead atoms. The van der Waals surface area contributed by atoms with Crippen LogP contribution in [-0.2, 0) is 0 Å². The van der Waals surface area contributed by atoms with Crippen LogP contribution in [0.2, 0.25) is 5.02 Å². The Kier molecular flexibility index (Phi) is 4.26. The molecule has 3 nitrogen and oxygen atoms in total. The Bertz CT molecular complexity index is 434. The number of hydrogen-bond donors (Lipinski definition) is 1. The molecule has 0 unspecified atom stereocenters. The third-order valence-electron chi connectivity index (χ3n) is 2.16. The highest BCUT2D eigenvalue weighted by Gasteiger charge is 2.12. The second kappa shape index (κ2) is 5.27. The fourth-order valence-corrected chi connectivity index (χ4v) is 1.63. The number of hydrogen-bond acceptors (Lipinski definition) is 2. The number of nitrogens with two attached hydrogens (primary N) is 1. The Morgan fingerprint density at radius 1 is 1.56 bits per heavy atom. The van der Waals surface area contributed by atoms with E-state index in [9.17, 15) is 4.79 Å². The van der Waals surface area contributed by atoms with Crippen molar-refractivity contribution in [2.45, 2.75) is 6.92 Å². The molecule has 0 saturated heterocycles. The van der Waals surface area contributed by atoms with Crippen LogP contribution in [0.4, 0.5) is 0 Å². The summed E-state index contributed by atoms with van der Waals surface area (Å²) < 4.78 is 0. The highest BCUT2D eigenvalue weighted by atomic mass is 35.5. The highest BCUT2D eigenvalue weighted by molar-refractivity contribution is 7.80. The number of benzene rings is 1. The lowest BCUT2D eigenvalue weighted by Crippen LogP contribution is -2.34. The van der Waals surface area contributed by atoms with E-state index in [4.69, 9.17) is 29.6 Å². The lowest BCUT2D eigenvalue weighted by Gasteiger charge is -2.16. The molecule has 0 aliphatic heterocycles. The minimum atomic E-state index is -0.144. The summed E-state index contributed by atoms with van der Waals surface area (Å²) in [5.74, 6) is -0.144. The number of carbonyl (C=O) groups excluding carboxylic acids is 1. The monoisotopic (exact) mass is 256 g/mol. The van der Waals surface area contributed by atoms with Crippen LogP contribution in [0.25, 0.3) is 0 Å². The zero-order valence-electron chi connectivity index (χ0n) is 9.16. The first kappa shape index (κ1) is 12.9. The van der Waals surface area contributed by atoms with Gasteiger partial charge in [-0.1, -0.05) is 29.9 Å². The number of carbonyl (C=O) groups is 1. The van der Waals surface area contributed by atoms with E-state index < -0.39 is 0 Å². The molecule has 0 saturated carbocycles. The molecule has 1 amide bonds. The van der Waals surface area contributed by atoms with E-state index in [2.05, 4.69) is 0 Å². The highest BCUT2D eigenvalue weighted by Crippen LogP contribution is 2.17. The predicted molar refractivity (Wildman–Crippen MR) is 69.9 cm³/mol. The van der Waals surface area contributed by atoms with Crippen molar-refractivity contribution in [3.05, 3.63) is 34.3 Å². The van der Waals surface area contributed by atoms with Gasteiger partial charge < -0.3 is 10.6 Å². The number of likely N-dealkylation sites (N-methyl/N-ethyl adjacent to an activating group) is 1. The number of nitrogens with zero attached hydrogens (tertiary/aromatic N) is 1. The molecule has 16 heavy (non-hydrogen) atoms. The Morgan fingerprint density at radius 2 is 2.19 bits per heavy atom. The van der Waals surface area contributed by atoms with E-state index in [0.717, 1.165) is 5.56 Å². The van der Waals surface area contributed by atoms with Gasteiger partial charge in [-0.05, 0) is 24.6 Å². The number of amides is 1. The topological polar surface area (TPSA) is 46.3 Å². The first-order chi connectivity index (χ1) is 7.41. The molecule has 0 aliphatic rings. The van der Waals surface area contributed by atoms with Gasteiger partial charge in [0.2, 0.25) is 0 Å². The molecule has 1 aromatic carbocycles. The number of thiocarbonyl (C=S) groups is 1. The molecule has 5 heteroatoms. The first-order valence-corrected chi connectivity index (χ1v) is 5.50. The van der Waals surface area contributed by atoms with E-state index >= 15 is 0 Å². The van der Waals surface area contributed by atoms with E-state index in [0.29, 0.717) is 10.6 Å². The molecule has 0 heterocycles. The van der Waals surface area contributed by atoms with Crippen molar-refractivity contribution in [1.82, 2.24) is 4.90 Å². The Labute approximate surface area is 105 Å². The second-order valence-electron chi connectivity index (χ2n) is 3.59. The van der Waals surface area contributed by atoms with Crippen LogP contribution in [0, 0.1) is 6.92 Å². The minimum absolute atomic E-state index is 0.144. The van der Waals surface area contributed by atoms with Crippen LogP contribution in [-0.4, -0.2) is 29.4 Å². The molecule has 0 fully saturated rings. The van der Waals surface area contributed by atoms with E-state index in [1.807, 2.05) is 13.0 Å². The van der Waals surface area contributed by atoms with Gasteiger partial charge in [0.15, 0.2) is 0 Å². The van der Waals surface area contributed by atoms with E-state index in [1.165, 1.54) is 4.90 Å². The summed E-state index contributed by atoms with van der Waals surface area (Å²) in [6, 6.07) is 5.19. The molecule has 0 spiro atoms. The van der Waals surface area contributed by atoms with Crippen molar-refractivity contribution >= 4 is 34.7 Å². The summed E-state index contributed by atoms with van der Waals surface area (Å²) in [4.78, 5) is 13.6. The lowest BCUT2D eigenvalue weighted by atomic mass is 10.1. The molecule has 0 aromatic heterocycles. The zero-order chi connectivity index (χ0) is 12.3. The van der Waals surface area contributed by atoms with Gasteiger partial charge in [0.25, 0.3) is 5.91 Å². The summed E-state index contributed by atoms with van der Waals surface area (Å²) in [6.45, 7) is 2.15. The summed E-state index contributed by atoms with van der Waals surface area (Å²) in [5.41, 5.74) is 6.85. The van der Waals surface area contributed by atoms with Gasteiger partial charge >= 0.3 is 0 Å². The van der Waals surface area contributed by atoms with E-state index in [-0.39, 0.29) is 17.4 Å². The SMILES string of the molecule is Cc1ccc(C(=O)N(C)CC(N)=S)cc1Cl. The fourth-order valence-electron chi connectivity index (χ4n) is 1.25.